The van der Waals surface area contributed by atoms with E-state index in [4.69, 9.17) is 29.2 Å². The van der Waals surface area contributed by atoms with Crippen LogP contribution in [0.2, 0.25) is 0 Å². The number of nitrogens with two attached hydrogens (primary N) is 1. The van der Waals surface area contributed by atoms with Crippen molar-refractivity contribution in [1.82, 2.24) is 9.55 Å². The van der Waals surface area contributed by atoms with Crippen molar-refractivity contribution in [2.45, 2.75) is 64.7 Å². The molecule has 1 aliphatic rings. The summed E-state index contributed by atoms with van der Waals surface area (Å²) in [5.74, 6) is -0.725. The normalized spacial score (nSPS) is 20.4. The van der Waals surface area contributed by atoms with Crippen LogP contribution < -0.4 is 25.6 Å². The van der Waals surface area contributed by atoms with Gasteiger partial charge in [0.2, 0.25) is 5.75 Å². The number of carbonyl (C=O) groups excluding carboxylic acids is 2. The number of nitrogens with zero attached hydrogens (tertiary/aromatic N) is 3. The molecule has 1 fully saturated rings. The maximum atomic E-state index is 12.4. The predicted molar refractivity (Wildman–Crippen MR) is 130 cm³/mol. The number of esters is 2. The largest absolute Gasteiger partial charge is 0.575 e. The minimum atomic E-state index is -2.62. The Hall–Kier alpha value is -3.54. The van der Waals surface area contributed by atoms with Gasteiger partial charge in [-0.1, -0.05) is 16.9 Å². The van der Waals surface area contributed by atoms with Crippen LogP contribution in [0.4, 0.5) is 5.82 Å². The topological polar surface area (TPSA) is 177 Å². The van der Waals surface area contributed by atoms with Gasteiger partial charge in [-0.15, -0.1) is 0 Å². The summed E-state index contributed by atoms with van der Waals surface area (Å²) < 4.78 is 32.7. The number of rotatable bonds is 10. The molecule has 0 amide bonds. The van der Waals surface area contributed by atoms with Crippen LogP contribution in [-0.4, -0.2) is 52.5 Å². The van der Waals surface area contributed by atoms with E-state index in [2.05, 4.69) is 9.73 Å². The van der Waals surface area contributed by atoms with Crippen LogP contribution >= 0.6 is 8.17 Å². The quantitative estimate of drug-likeness (QED) is 0.345. The Morgan fingerprint density at radius 2 is 1.97 bits per heavy atom. The van der Waals surface area contributed by atoms with Gasteiger partial charge in [-0.05, 0) is 39.0 Å². The van der Waals surface area contributed by atoms with E-state index in [0.717, 1.165) is 0 Å². The number of nitrogen functional groups attached to an aromatic ring is 1. The van der Waals surface area contributed by atoms with Crippen molar-refractivity contribution in [2.24, 2.45) is 4.74 Å². The molecule has 2 heterocycles. The molecule has 0 aliphatic carbocycles. The minimum absolute atomic E-state index is 0.0727. The van der Waals surface area contributed by atoms with Gasteiger partial charge in [0.25, 0.3) is 0 Å². The summed E-state index contributed by atoms with van der Waals surface area (Å²) in [5, 5.41) is 0. The minimum Gasteiger partial charge on any atom is -0.575 e. The van der Waals surface area contributed by atoms with Gasteiger partial charge in [0.05, 0.1) is 6.10 Å². The van der Waals surface area contributed by atoms with Crippen LogP contribution in [0.15, 0.2) is 46.1 Å². The molecule has 0 spiro atoms. The third kappa shape index (κ3) is 7.97. The number of aromatic nitrogens is 2. The molecule has 37 heavy (non-hydrogen) atoms. The molecule has 1 aromatic carbocycles. The fourth-order valence-electron chi connectivity index (χ4n) is 3.45. The summed E-state index contributed by atoms with van der Waals surface area (Å²) in [4.78, 5) is 51.9. The van der Waals surface area contributed by atoms with Gasteiger partial charge < -0.3 is 29.6 Å². The number of carbonyl (C=O) groups is 2. The molecule has 5 atom stereocenters. The Kier molecular flexibility index (Phi) is 9.56. The number of para-hydroxylation sites is 2. The zero-order valence-corrected chi connectivity index (χ0v) is 21.7. The highest BCUT2D eigenvalue weighted by Gasteiger charge is 2.39. The molecule has 0 radical (unpaired) electrons. The van der Waals surface area contributed by atoms with Crippen molar-refractivity contribution in [3.8, 4) is 11.5 Å². The van der Waals surface area contributed by atoms with E-state index in [9.17, 15) is 19.3 Å². The second-order valence-corrected chi connectivity index (χ2v) is 9.31. The first-order valence-corrected chi connectivity index (χ1v) is 12.6. The number of benzene rings is 1. The molecular weight excluding hydrogens is 507 g/mol. The lowest BCUT2D eigenvalue weighted by molar-refractivity contribution is -0.170. The van der Waals surface area contributed by atoms with Gasteiger partial charge in [0, 0.05) is 19.5 Å². The fourth-order valence-corrected chi connectivity index (χ4v) is 4.19. The van der Waals surface area contributed by atoms with Gasteiger partial charge in [0.1, 0.15) is 30.9 Å². The monoisotopic (exact) mass is 536 g/mol. The highest BCUT2D eigenvalue weighted by Crippen LogP contribution is 2.35. The molecule has 200 valence electrons. The zero-order chi connectivity index (χ0) is 27.1. The van der Waals surface area contributed by atoms with Gasteiger partial charge in [-0.2, -0.15) is 4.98 Å². The van der Waals surface area contributed by atoms with Crippen molar-refractivity contribution < 1.29 is 38.0 Å². The van der Waals surface area contributed by atoms with Crippen molar-refractivity contribution >= 4 is 25.9 Å². The molecule has 1 aromatic heterocycles. The summed E-state index contributed by atoms with van der Waals surface area (Å²) in [7, 11) is -2.62. The molecule has 0 saturated carbocycles. The van der Waals surface area contributed by atoms with E-state index < -0.39 is 50.3 Å². The van der Waals surface area contributed by atoms with E-state index in [1.165, 1.54) is 36.7 Å². The molecule has 0 bridgehead atoms. The molecule has 1 unspecified atom stereocenters. The number of hydrogen-bond acceptors (Lipinski definition) is 12. The Morgan fingerprint density at radius 1 is 1.27 bits per heavy atom. The Balaban J connectivity index is 1.70. The summed E-state index contributed by atoms with van der Waals surface area (Å²) >= 11 is 0. The van der Waals surface area contributed by atoms with E-state index in [0.29, 0.717) is 0 Å². The maximum Gasteiger partial charge on any atom is 0.395 e. The molecule has 1 saturated heterocycles. The van der Waals surface area contributed by atoms with Crippen molar-refractivity contribution in [2.75, 3.05) is 12.3 Å². The fraction of sp³-hybridized carbons (Fsp3) is 0.478. The second kappa shape index (κ2) is 12.6. The SMILES string of the molecule is CC(=O)O[C@H]1C[C@H](n2ccc(N)nc2=O)O[C@@H]1COc1ccccc1O[P+]([O-])=N[C@@H](C)C(=O)OC(C)C. The zero-order valence-electron chi connectivity index (χ0n) is 20.8. The summed E-state index contributed by atoms with van der Waals surface area (Å²) in [6.07, 6.45) is -0.904. The van der Waals surface area contributed by atoms with Crippen LogP contribution in [0.5, 0.6) is 11.5 Å². The lowest BCUT2D eigenvalue weighted by Gasteiger charge is -2.19. The highest BCUT2D eigenvalue weighted by molar-refractivity contribution is 7.34. The molecule has 2 N–H and O–H groups in total. The van der Waals surface area contributed by atoms with Crippen molar-refractivity contribution in [1.29, 1.82) is 0 Å². The van der Waals surface area contributed by atoms with Crippen LogP contribution in [0.1, 0.15) is 40.3 Å². The van der Waals surface area contributed by atoms with Crippen LogP contribution in [-0.2, 0) is 23.8 Å². The first kappa shape index (κ1) is 28.0. The highest BCUT2D eigenvalue weighted by atomic mass is 31.1. The molecule has 1 aliphatic heterocycles. The van der Waals surface area contributed by atoms with E-state index >= 15 is 0 Å². The van der Waals surface area contributed by atoms with E-state index in [1.807, 2.05) is 0 Å². The van der Waals surface area contributed by atoms with Crippen molar-refractivity contribution in [3.63, 3.8) is 0 Å². The summed E-state index contributed by atoms with van der Waals surface area (Å²) in [5.41, 5.74) is 4.94. The Bertz CT molecular complexity index is 1200. The number of ether oxygens (including phenoxy) is 4. The second-order valence-electron chi connectivity index (χ2n) is 8.42. The Labute approximate surface area is 214 Å². The Morgan fingerprint density at radius 3 is 2.62 bits per heavy atom. The third-order valence-corrected chi connectivity index (χ3v) is 5.94. The predicted octanol–water partition coefficient (Wildman–Crippen LogP) is 1.70. The first-order valence-electron chi connectivity index (χ1n) is 11.5. The average Bonchev–Trinajstić information content (AvgIpc) is 3.19. The van der Waals surface area contributed by atoms with Gasteiger partial charge in [-0.25, -0.2) is 9.59 Å². The van der Waals surface area contributed by atoms with Gasteiger partial charge in [0.15, 0.2) is 11.8 Å². The molecule has 13 nitrogen and oxygen atoms in total. The summed E-state index contributed by atoms with van der Waals surface area (Å²) in [6.45, 7) is 6.03. The van der Waals surface area contributed by atoms with E-state index in [1.54, 1.807) is 32.0 Å². The maximum absolute atomic E-state index is 12.4. The molecule has 14 heteroatoms. The third-order valence-electron chi connectivity index (χ3n) is 5.05. The standard InChI is InChI=1S/C23H29N4O9P/c1-13(2)33-22(29)14(3)26-37(31)36-17-8-6-5-7-16(17)32-12-19-18(34-15(4)28)11-21(35-19)27-10-9-20(24)25-23(27)30/h5-10,13-14,18-19,21H,11-12H2,1-4H3,(H2,24,25,30)/t14-,18-,19+,21+/m0/s1. The smallest absolute Gasteiger partial charge is 0.395 e. The average molecular weight is 536 g/mol. The van der Waals surface area contributed by atoms with Gasteiger partial charge >= 0.3 is 25.8 Å². The first-order chi connectivity index (χ1) is 17.5. The lowest BCUT2D eigenvalue weighted by atomic mass is 10.2. The molecule has 2 aromatic rings. The number of hydrogen-bond donors (Lipinski definition) is 1. The molecular formula is C23H29N4O9P. The number of anilines is 1. The van der Waals surface area contributed by atoms with Gasteiger partial charge in [-0.3, -0.25) is 13.9 Å². The van der Waals surface area contributed by atoms with E-state index in [-0.39, 0.29) is 36.4 Å². The molecule has 3 rings (SSSR count). The van der Waals surface area contributed by atoms with Crippen LogP contribution in [0.25, 0.3) is 0 Å². The van der Waals surface area contributed by atoms with Crippen LogP contribution in [0, 0.1) is 0 Å². The lowest BCUT2D eigenvalue weighted by Crippen LogP contribution is -2.32. The van der Waals surface area contributed by atoms with Crippen molar-refractivity contribution in [3.05, 3.63) is 47.0 Å². The summed E-state index contributed by atoms with van der Waals surface area (Å²) in [6, 6.07) is 6.90. The van der Waals surface area contributed by atoms with Crippen LogP contribution in [0.3, 0.4) is 0 Å².